The largest absolute Gasteiger partial charge is 0.481 e. The summed E-state index contributed by atoms with van der Waals surface area (Å²) in [6.45, 7) is 5.67. The van der Waals surface area contributed by atoms with E-state index in [-0.39, 0.29) is 5.91 Å². The quantitative estimate of drug-likeness (QED) is 0.757. The smallest absolute Gasteiger partial charge is 0.308 e. The van der Waals surface area contributed by atoms with Crippen LogP contribution in [0.5, 0.6) is 0 Å². The molecule has 5 heteroatoms. The first-order valence-corrected chi connectivity index (χ1v) is 6.60. The molecule has 0 radical (unpaired) electrons. The molecule has 1 fully saturated rings. The molecular formula is C13H23NO4. The molecule has 0 spiro atoms. The predicted molar refractivity (Wildman–Crippen MR) is 67.2 cm³/mol. The summed E-state index contributed by atoms with van der Waals surface area (Å²) in [7, 11) is 0. The number of rotatable bonds is 6. The molecule has 1 saturated carbocycles. The second-order valence-electron chi connectivity index (χ2n) is 5.02. The molecule has 1 aliphatic rings. The Bertz CT molecular complexity index is 310. The maximum atomic E-state index is 12.3. The highest BCUT2D eigenvalue weighted by atomic mass is 16.5. The molecule has 0 aromatic heterocycles. The first-order chi connectivity index (χ1) is 8.43. The maximum absolute atomic E-state index is 12.3. The Morgan fingerprint density at radius 1 is 1.33 bits per heavy atom. The van der Waals surface area contributed by atoms with Crippen LogP contribution in [0.3, 0.4) is 0 Å². The van der Waals surface area contributed by atoms with E-state index in [0.717, 1.165) is 25.7 Å². The summed E-state index contributed by atoms with van der Waals surface area (Å²) >= 11 is 0. The van der Waals surface area contributed by atoms with Crippen LogP contribution in [0.1, 0.15) is 46.5 Å². The Hall–Kier alpha value is -1.10. The van der Waals surface area contributed by atoms with Crippen LogP contribution in [0.2, 0.25) is 0 Å². The molecule has 0 aromatic rings. The number of ether oxygens (including phenoxy) is 1. The maximum Gasteiger partial charge on any atom is 0.308 e. The number of nitrogens with one attached hydrogen (secondary N) is 1. The summed E-state index contributed by atoms with van der Waals surface area (Å²) in [6, 6.07) is -0.395. The van der Waals surface area contributed by atoms with Gasteiger partial charge in [0.1, 0.15) is 5.60 Å². The van der Waals surface area contributed by atoms with Gasteiger partial charge in [0.15, 0.2) is 0 Å². The monoisotopic (exact) mass is 257 g/mol. The molecule has 0 aromatic carbocycles. The zero-order valence-corrected chi connectivity index (χ0v) is 11.4. The van der Waals surface area contributed by atoms with Gasteiger partial charge in [-0.15, -0.1) is 0 Å². The second-order valence-corrected chi connectivity index (χ2v) is 5.02. The van der Waals surface area contributed by atoms with Gasteiger partial charge >= 0.3 is 5.97 Å². The molecule has 0 saturated heterocycles. The van der Waals surface area contributed by atoms with E-state index in [1.165, 1.54) is 0 Å². The number of aliphatic carboxylic acids is 1. The van der Waals surface area contributed by atoms with Crippen LogP contribution in [-0.2, 0) is 14.3 Å². The standard InChI is InChI=1S/C13H23NO4/c1-4-18-13(7-5-6-8-13)12(17)14-10(3)9(2)11(15)16/h9-10H,4-8H2,1-3H3,(H,14,17)(H,15,16). The summed E-state index contributed by atoms with van der Waals surface area (Å²) in [6.07, 6.45) is 3.41. The Morgan fingerprint density at radius 3 is 2.33 bits per heavy atom. The van der Waals surface area contributed by atoms with E-state index in [1.807, 2.05) is 6.92 Å². The lowest BCUT2D eigenvalue weighted by Crippen LogP contribution is -2.52. The molecule has 0 heterocycles. The van der Waals surface area contributed by atoms with Crippen molar-refractivity contribution in [1.82, 2.24) is 5.32 Å². The minimum absolute atomic E-state index is 0.164. The lowest BCUT2D eigenvalue weighted by molar-refractivity contribution is -0.148. The van der Waals surface area contributed by atoms with Crippen LogP contribution in [-0.4, -0.2) is 35.2 Å². The van der Waals surface area contributed by atoms with Crippen molar-refractivity contribution in [3.8, 4) is 0 Å². The first kappa shape index (κ1) is 15.0. The van der Waals surface area contributed by atoms with E-state index < -0.39 is 23.5 Å². The summed E-state index contributed by atoms with van der Waals surface area (Å²) in [4.78, 5) is 23.1. The zero-order chi connectivity index (χ0) is 13.8. The molecule has 1 rings (SSSR count). The number of carbonyl (C=O) groups excluding carboxylic acids is 1. The Labute approximate surface area is 108 Å². The van der Waals surface area contributed by atoms with Crippen molar-refractivity contribution < 1.29 is 19.4 Å². The fraction of sp³-hybridized carbons (Fsp3) is 0.846. The zero-order valence-electron chi connectivity index (χ0n) is 11.4. The molecule has 2 atom stereocenters. The Kier molecular flexibility index (Phi) is 5.14. The lowest BCUT2D eigenvalue weighted by Gasteiger charge is -2.30. The average molecular weight is 257 g/mol. The highest BCUT2D eigenvalue weighted by molar-refractivity contribution is 5.86. The topological polar surface area (TPSA) is 75.6 Å². The van der Waals surface area contributed by atoms with Crippen molar-refractivity contribution in [1.29, 1.82) is 0 Å². The predicted octanol–water partition coefficient (Wildman–Crippen LogP) is 1.56. The summed E-state index contributed by atoms with van der Waals surface area (Å²) < 4.78 is 5.63. The molecule has 2 unspecified atom stereocenters. The van der Waals surface area contributed by atoms with Gasteiger partial charge in [-0.25, -0.2) is 0 Å². The van der Waals surface area contributed by atoms with E-state index in [1.54, 1.807) is 13.8 Å². The number of carbonyl (C=O) groups is 2. The first-order valence-electron chi connectivity index (χ1n) is 6.60. The van der Waals surface area contributed by atoms with Gasteiger partial charge in [0.25, 0.3) is 5.91 Å². The number of carboxylic acids is 1. The van der Waals surface area contributed by atoms with Crippen molar-refractivity contribution in [2.45, 2.75) is 58.1 Å². The lowest BCUT2D eigenvalue weighted by atomic mass is 9.98. The molecular weight excluding hydrogens is 234 g/mol. The molecule has 5 nitrogen and oxygen atoms in total. The number of hydrogen-bond acceptors (Lipinski definition) is 3. The summed E-state index contributed by atoms with van der Waals surface area (Å²) in [5.74, 6) is -1.67. The fourth-order valence-corrected chi connectivity index (χ4v) is 2.34. The van der Waals surface area contributed by atoms with Gasteiger partial charge in [-0.1, -0.05) is 0 Å². The Morgan fingerprint density at radius 2 is 1.89 bits per heavy atom. The third-order valence-electron chi connectivity index (χ3n) is 3.74. The van der Waals surface area contributed by atoms with Crippen molar-refractivity contribution >= 4 is 11.9 Å². The number of carboxylic acid groups (broad SMARTS) is 1. The van der Waals surface area contributed by atoms with Crippen molar-refractivity contribution in [3.63, 3.8) is 0 Å². The van der Waals surface area contributed by atoms with Gasteiger partial charge in [0.2, 0.25) is 0 Å². The molecule has 1 amide bonds. The van der Waals surface area contributed by atoms with E-state index in [9.17, 15) is 9.59 Å². The molecule has 18 heavy (non-hydrogen) atoms. The number of amides is 1. The van der Waals surface area contributed by atoms with Gasteiger partial charge in [-0.2, -0.15) is 0 Å². The van der Waals surface area contributed by atoms with Gasteiger partial charge in [-0.3, -0.25) is 9.59 Å². The van der Waals surface area contributed by atoms with Crippen LogP contribution in [0.4, 0.5) is 0 Å². The van der Waals surface area contributed by atoms with Gasteiger partial charge in [-0.05, 0) is 46.5 Å². The molecule has 0 bridgehead atoms. The minimum Gasteiger partial charge on any atom is -0.481 e. The SMILES string of the molecule is CCOC1(C(=O)NC(C)C(C)C(=O)O)CCCC1. The summed E-state index contributed by atoms with van der Waals surface area (Å²) in [5, 5.41) is 11.7. The fourth-order valence-electron chi connectivity index (χ4n) is 2.34. The van der Waals surface area contributed by atoms with Crippen molar-refractivity contribution in [2.75, 3.05) is 6.61 Å². The third-order valence-corrected chi connectivity index (χ3v) is 3.74. The highest BCUT2D eigenvalue weighted by Gasteiger charge is 2.42. The second kappa shape index (κ2) is 6.18. The van der Waals surface area contributed by atoms with E-state index in [2.05, 4.69) is 5.32 Å². The normalized spacial score (nSPS) is 21.3. The van der Waals surface area contributed by atoms with Crippen LogP contribution in [0.25, 0.3) is 0 Å². The minimum atomic E-state index is -0.903. The molecule has 2 N–H and O–H groups in total. The van der Waals surface area contributed by atoms with E-state index in [0.29, 0.717) is 6.61 Å². The van der Waals surface area contributed by atoms with Gasteiger partial charge in [0.05, 0.1) is 5.92 Å². The van der Waals surface area contributed by atoms with Crippen LogP contribution >= 0.6 is 0 Å². The van der Waals surface area contributed by atoms with Crippen molar-refractivity contribution in [2.24, 2.45) is 5.92 Å². The van der Waals surface area contributed by atoms with Crippen molar-refractivity contribution in [3.05, 3.63) is 0 Å². The van der Waals surface area contributed by atoms with Crippen LogP contribution in [0, 0.1) is 5.92 Å². The van der Waals surface area contributed by atoms with Crippen LogP contribution in [0.15, 0.2) is 0 Å². The van der Waals surface area contributed by atoms with Gasteiger partial charge in [0, 0.05) is 12.6 Å². The summed E-state index contributed by atoms with van der Waals surface area (Å²) in [5.41, 5.74) is -0.735. The third kappa shape index (κ3) is 3.22. The Balaban J connectivity index is 2.65. The van der Waals surface area contributed by atoms with E-state index >= 15 is 0 Å². The van der Waals surface area contributed by atoms with Gasteiger partial charge < -0.3 is 15.2 Å². The number of hydrogen-bond donors (Lipinski definition) is 2. The van der Waals surface area contributed by atoms with E-state index in [4.69, 9.17) is 9.84 Å². The van der Waals surface area contributed by atoms with Crippen LogP contribution < -0.4 is 5.32 Å². The average Bonchev–Trinajstić information content (AvgIpc) is 2.78. The molecule has 1 aliphatic carbocycles. The highest BCUT2D eigenvalue weighted by Crippen LogP contribution is 2.33. The molecule has 0 aliphatic heterocycles. The molecule has 104 valence electrons.